The van der Waals surface area contributed by atoms with Crippen molar-refractivity contribution in [2.24, 2.45) is 0 Å². The molecule has 1 heterocycles. The Morgan fingerprint density at radius 1 is 1.14 bits per heavy atom. The number of benzene rings is 2. The van der Waals surface area contributed by atoms with E-state index in [1.165, 1.54) is 23.1 Å². The van der Waals surface area contributed by atoms with Crippen LogP contribution in [0.1, 0.15) is 16.7 Å². The van der Waals surface area contributed by atoms with Crippen LogP contribution in [0.2, 0.25) is 10.0 Å². The van der Waals surface area contributed by atoms with Gasteiger partial charge < -0.3 is 4.74 Å². The van der Waals surface area contributed by atoms with Crippen molar-refractivity contribution in [2.45, 2.75) is 23.9 Å². The number of ether oxygens (including phenoxy) is 1. The molecule has 0 spiro atoms. The fourth-order valence-electron chi connectivity index (χ4n) is 2.42. The van der Waals surface area contributed by atoms with Crippen molar-refractivity contribution >= 4 is 57.3 Å². The molecule has 0 bridgehead atoms. The summed E-state index contributed by atoms with van der Waals surface area (Å²) in [7, 11) is 0. The number of nitrogens with zero attached hydrogens (tertiary/aromatic N) is 2. The SMILES string of the molecule is Cc1cc(C)cc(OCC(=O)Nc2nnc(SCc3ccc(Cl)cc3Cl)s2)c1. The Hall–Kier alpha value is -1.80. The van der Waals surface area contributed by atoms with Gasteiger partial charge in [-0.3, -0.25) is 10.1 Å². The molecule has 0 aliphatic rings. The fourth-order valence-corrected chi connectivity index (χ4v) is 4.74. The molecule has 0 radical (unpaired) electrons. The highest BCUT2D eigenvalue weighted by molar-refractivity contribution is 8.00. The molecule has 146 valence electrons. The van der Waals surface area contributed by atoms with Gasteiger partial charge in [-0.1, -0.05) is 58.4 Å². The number of carbonyl (C=O) groups excluding carboxylic acids is 1. The van der Waals surface area contributed by atoms with Gasteiger partial charge in [0, 0.05) is 15.8 Å². The summed E-state index contributed by atoms with van der Waals surface area (Å²) in [4.78, 5) is 12.1. The van der Waals surface area contributed by atoms with E-state index in [1.54, 1.807) is 12.1 Å². The minimum absolute atomic E-state index is 0.0919. The molecule has 5 nitrogen and oxygen atoms in total. The smallest absolute Gasteiger partial charge is 0.264 e. The van der Waals surface area contributed by atoms with Crippen LogP contribution in [0.15, 0.2) is 40.7 Å². The number of aryl methyl sites for hydroxylation is 2. The van der Waals surface area contributed by atoms with Gasteiger partial charge >= 0.3 is 0 Å². The van der Waals surface area contributed by atoms with Gasteiger partial charge in [0.05, 0.1) is 0 Å². The lowest BCUT2D eigenvalue weighted by Gasteiger charge is -2.07. The number of anilines is 1. The van der Waals surface area contributed by atoms with Gasteiger partial charge in [-0.15, -0.1) is 10.2 Å². The minimum atomic E-state index is -0.285. The molecule has 0 unspecified atom stereocenters. The first-order valence-electron chi connectivity index (χ1n) is 8.30. The van der Waals surface area contributed by atoms with Crippen molar-refractivity contribution in [3.63, 3.8) is 0 Å². The summed E-state index contributed by atoms with van der Waals surface area (Å²) in [6.45, 7) is 3.88. The Kier molecular flexibility index (Phi) is 7.18. The number of thioether (sulfide) groups is 1. The number of carbonyl (C=O) groups is 1. The largest absolute Gasteiger partial charge is 0.484 e. The summed E-state index contributed by atoms with van der Waals surface area (Å²) in [5.74, 6) is 1.02. The molecule has 0 aliphatic heterocycles. The van der Waals surface area contributed by atoms with Crippen LogP contribution in [0.3, 0.4) is 0 Å². The Bertz CT molecular complexity index is 975. The van der Waals surface area contributed by atoms with E-state index in [2.05, 4.69) is 15.5 Å². The lowest BCUT2D eigenvalue weighted by Crippen LogP contribution is -2.20. The highest BCUT2D eigenvalue weighted by Crippen LogP contribution is 2.31. The lowest BCUT2D eigenvalue weighted by molar-refractivity contribution is -0.118. The molecule has 0 aliphatic carbocycles. The third-order valence-electron chi connectivity index (χ3n) is 3.58. The molecule has 0 saturated heterocycles. The van der Waals surface area contributed by atoms with Gasteiger partial charge in [0.25, 0.3) is 5.91 Å². The normalized spacial score (nSPS) is 10.7. The molecule has 3 rings (SSSR count). The molecule has 3 aromatic rings. The van der Waals surface area contributed by atoms with Crippen LogP contribution in [0, 0.1) is 13.8 Å². The van der Waals surface area contributed by atoms with Crippen LogP contribution < -0.4 is 10.1 Å². The van der Waals surface area contributed by atoms with Crippen molar-refractivity contribution in [3.8, 4) is 5.75 Å². The number of nitrogens with one attached hydrogen (secondary N) is 1. The zero-order valence-corrected chi connectivity index (χ0v) is 18.3. The summed E-state index contributed by atoms with van der Waals surface area (Å²) in [6.07, 6.45) is 0. The average Bonchev–Trinajstić information content (AvgIpc) is 3.06. The number of hydrogen-bond donors (Lipinski definition) is 1. The molecule has 28 heavy (non-hydrogen) atoms. The minimum Gasteiger partial charge on any atom is -0.484 e. The Balaban J connectivity index is 1.50. The Morgan fingerprint density at radius 2 is 1.89 bits per heavy atom. The van der Waals surface area contributed by atoms with E-state index in [0.717, 1.165) is 21.0 Å². The van der Waals surface area contributed by atoms with E-state index >= 15 is 0 Å². The highest BCUT2D eigenvalue weighted by atomic mass is 35.5. The summed E-state index contributed by atoms with van der Waals surface area (Å²) in [5.41, 5.74) is 3.13. The molecule has 1 aromatic heterocycles. The van der Waals surface area contributed by atoms with Crippen molar-refractivity contribution in [1.82, 2.24) is 10.2 Å². The second-order valence-electron chi connectivity index (χ2n) is 6.06. The quantitative estimate of drug-likeness (QED) is 0.363. The van der Waals surface area contributed by atoms with Gasteiger partial charge in [0.1, 0.15) is 5.75 Å². The third-order valence-corrected chi connectivity index (χ3v) is 6.19. The van der Waals surface area contributed by atoms with Crippen molar-refractivity contribution < 1.29 is 9.53 Å². The number of amides is 1. The molecular formula is C19H17Cl2N3O2S2. The van der Waals surface area contributed by atoms with Crippen LogP contribution in [0.5, 0.6) is 5.75 Å². The van der Waals surface area contributed by atoms with Gasteiger partial charge in [-0.2, -0.15) is 0 Å². The maximum atomic E-state index is 12.1. The third kappa shape index (κ3) is 6.10. The van der Waals surface area contributed by atoms with Crippen LogP contribution in [-0.2, 0) is 10.5 Å². The van der Waals surface area contributed by atoms with Crippen molar-refractivity contribution in [3.05, 3.63) is 63.1 Å². The summed E-state index contributed by atoms with van der Waals surface area (Å²) in [5, 5.41) is 12.4. The molecule has 9 heteroatoms. The summed E-state index contributed by atoms with van der Waals surface area (Å²) in [6, 6.07) is 11.2. The summed E-state index contributed by atoms with van der Waals surface area (Å²) < 4.78 is 6.28. The Labute approximate surface area is 181 Å². The fraction of sp³-hybridized carbons (Fsp3) is 0.211. The second-order valence-corrected chi connectivity index (χ2v) is 9.10. The summed E-state index contributed by atoms with van der Waals surface area (Å²) >= 11 is 14.9. The molecule has 1 amide bonds. The molecule has 0 atom stereocenters. The van der Waals surface area contributed by atoms with E-state index in [9.17, 15) is 4.79 Å². The predicted molar refractivity (Wildman–Crippen MR) is 116 cm³/mol. The van der Waals surface area contributed by atoms with E-state index in [1.807, 2.05) is 38.1 Å². The number of aromatic nitrogens is 2. The molecular weight excluding hydrogens is 437 g/mol. The van der Waals surface area contributed by atoms with E-state index in [-0.39, 0.29) is 12.5 Å². The average molecular weight is 454 g/mol. The first-order chi connectivity index (χ1) is 13.4. The van der Waals surface area contributed by atoms with Gasteiger partial charge in [-0.25, -0.2) is 0 Å². The van der Waals surface area contributed by atoms with E-state index in [4.69, 9.17) is 27.9 Å². The van der Waals surface area contributed by atoms with Crippen LogP contribution in [0.25, 0.3) is 0 Å². The van der Waals surface area contributed by atoms with Crippen LogP contribution in [0.4, 0.5) is 5.13 Å². The first-order valence-corrected chi connectivity index (χ1v) is 10.9. The molecule has 2 aromatic carbocycles. The molecule has 1 N–H and O–H groups in total. The zero-order valence-electron chi connectivity index (χ0n) is 15.2. The highest BCUT2D eigenvalue weighted by Gasteiger charge is 2.11. The number of halogens is 2. The second kappa shape index (κ2) is 9.60. The van der Waals surface area contributed by atoms with Crippen LogP contribution >= 0.6 is 46.3 Å². The lowest BCUT2D eigenvalue weighted by atomic mass is 10.1. The zero-order chi connectivity index (χ0) is 20.1. The maximum Gasteiger partial charge on any atom is 0.264 e. The first kappa shape index (κ1) is 20.9. The van der Waals surface area contributed by atoms with E-state index < -0.39 is 0 Å². The van der Waals surface area contributed by atoms with Gasteiger partial charge in [-0.05, 0) is 54.8 Å². The predicted octanol–water partition coefficient (Wildman–Crippen LogP) is 5.77. The van der Waals surface area contributed by atoms with Crippen molar-refractivity contribution in [1.29, 1.82) is 0 Å². The number of rotatable bonds is 7. The monoisotopic (exact) mass is 453 g/mol. The van der Waals surface area contributed by atoms with Crippen LogP contribution in [-0.4, -0.2) is 22.7 Å². The van der Waals surface area contributed by atoms with Gasteiger partial charge in [0.15, 0.2) is 10.9 Å². The number of hydrogen-bond acceptors (Lipinski definition) is 6. The van der Waals surface area contributed by atoms with E-state index in [0.29, 0.717) is 26.7 Å². The standard InChI is InChI=1S/C19H17Cl2N3O2S2/c1-11-5-12(2)7-15(6-11)26-9-17(25)22-18-23-24-19(28-18)27-10-13-3-4-14(20)8-16(13)21/h3-8H,9-10H2,1-2H3,(H,22,23,25). The maximum absolute atomic E-state index is 12.1. The Morgan fingerprint density at radius 3 is 2.61 bits per heavy atom. The molecule has 0 fully saturated rings. The topological polar surface area (TPSA) is 64.1 Å². The molecule has 0 saturated carbocycles. The van der Waals surface area contributed by atoms with Crippen molar-refractivity contribution in [2.75, 3.05) is 11.9 Å². The van der Waals surface area contributed by atoms with Gasteiger partial charge in [0.2, 0.25) is 5.13 Å².